The Hall–Kier alpha value is -3.58. The van der Waals surface area contributed by atoms with E-state index in [1.54, 1.807) is 0 Å². The molecule has 1 unspecified atom stereocenters. The van der Waals surface area contributed by atoms with Crippen molar-refractivity contribution < 1.29 is 4.79 Å². The first-order valence-corrected chi connectivity index (χ1v) is 12.8. The Balaban J connectivity index is 1.34. The predicted molar refractivity (Wildman–Crippen MR) is 142 cm³/mol. The van der Waals surface area contributed by atoms with Crippen LogP contribution in [-0.2, 0) is 4.79 Å². The highest BCUT2D eigenvalue weighted by molar-refractivity contribution is 8.00. The highest BCUT2D eigenvalue weighted by Crippen LogP contribution is 2.31. The third-order valence-electron chi connectivity index (χ3n) is 6.30. The largest absolute Gasteiger partial charge is 0.368 e. The van der Waals surface area contributed by atoms with Crippen molar-refractivity contribution in [2.24, 2.45) is 0 Å². The van der Waals surface area contributed by atoms with E-state index >= 15 is 0 Å². The zero-order chi connectivity index (χ0) is 24.2. The molecule has 7 heteroatoms. The summed E-state index contributed by atoms with van der Waals surface area (Å²) < 4.78 is 2.05. The summed E-state index contributed by atoms with van der Waals surface area (Å²) in [5, 5.41) is 9.47. The molecule has 1 aromatic heterocycles. The molecule has 2 heterocycles. The summed E-state index contributed by atoms with van der Waals surface area (Å²) in [6.45, 7) is 7.15. The van der Waals surface area contributed by atoms with Crippen LogP contribution < -0.4 is 4.90 Å². The fourth-order valence-corrected chi connectivity index (χ4v) is 5.29. The summed E-state index contributed by atoms with van der Waals surface area (Å²) in [5.74, 6) is 0.913. The van der Waals surface area contributed by atoms with Gasteiger partial charge in [0.15, 0.2) is 11.0 Å². The van der Waals surface area contributed by atoms with Crippen molar-refractivity contribution in [3.63, 3.8) is 0 Å². The number of carbonyl (C=O) groups is 1. The van der Waals surface area contributed by atoms with Crippen LogP contribution in [-0.4, -0.2) is 57.0 Å². The van der Waals surface area contributed by atoms with E-state index in [0.717, 1.165) is 48.4 Å². The van der Waals surface area contributed by atoms with Gasteiger partial charge in [-0.1, -0.05) is 78.0 Å². The van der Waals surface area contributed by atoms with Crippen molar-refractivity contribution in [3.8, 4) is 17.1 Å². The maximum absolute atomic E-state index is 13.3. The summed E-state index contributed by atoms with van der Waals surface area (Å²) in [4.78, 5) is 17.7. The highest BCUT2D eigenvalue weighted by atomic mass is 32.2. The average Bonchev–Trinajstić information content (AvgIpc) is 3.33. The van der Waals surface area contributed by atoms with E-state index in [0.29, 0.717) is 0 Å². The lowest BCUT2D eigenvalue weighted by atomic mass is 10.2. The van der Waals surface area contributed by atoms with Gasteiger partial charge >= 0.3 is 0 Å². The Labute approximate surface area is 210 Å². The van der Waals surface area contributed by atoms with Gasteiger partial charge in [-0.15, -0.1) is 10.2 Å². The molecule has 3 aromatic carbocycles. The molecule has 0 N–H and O–H groups in total. The van der Waals surface area contributed by atoms with Gasteiger partial charge in [0.25, 0.3) is 0 Å². The maximum Gasteiger partial charge on any atom is 0.236 e. The van der Waals surface area contributed by atoms with E-state index in [2.05, 4.69) is 75.1 Å². The predicted octanol–water partition coefficient (Wildman–Crippen LogP) is 5.07. The molecule has 0 radical (unpaired) electrons. The molecule has 1 aliphatic heterocycles. The molecule has 178 valence electrons. The smallest absolute Gasteiger partial charge is 0.236 e. The number of aryl methyl sites for hydroxylation is 1. The molecule has 0 saturated carbocycles. The molecule has 1 aliphatic rings. The van der Waals surface area contributed by atoms with Gasteiger partial charge in [-0.3, -0.25) is 9.36 Å². The van der Waals surface area contributed by atoms with E-state index in [1.807, 2.05) is 48.2 Å². The fourth-order valence-electron chi connectivity index (χ4n) is 4.34. The lowest BCUT2D eigenvalue weighted by Crippen LogP contribution is -2.50. The van der Waals surface area contributed by atoms with Crippen LogP contribution in [0.15, 0.2) is 90.1 Å². The Morgan fingerprint density at radius 3 is 2.09 bits per heavy atom. The molecule has 0 spiro atoms. The molecule has 1 atom stereocenters. The van der Waals surface area contributed by atoms with Gasteiger partial charge in [-0.2, -0.15) is 0 Å². The zero-order valence-corrected chi connectivity index (χ0v) is 20.9. The van der Waals surface area contributed by atoms with Crippen molar-refractivity contribution in [2.45, 2.75) is 24.3 Å². The van der Waals surface area contributed by atoms with Crippen LogP contribution in [0.1, 0.15) is 12.5 Å². The summed E-state index contributed by atoms with van der Waals surface area (Å²) >= 11 is 1.47. The van der Waals surface area contributed by atoms with E-state index < -0.39 is 0 Å². The molecule has 4 aromatic rings. The third kappa shape index (κ3) is 5.10. The molecule has 1 fully saturated rings. The second-order valence-corrected chi connectivity index (χ2v) is 10.1. The second kappa shape index (κ2) is 10.4. The lowest BCUT2D eigenvalue weighted by Gasteiger charge is -2.37. The number of piperazine rings is 1. The quantitative estimate of drug-likeness (QED) is 0.358. The second-order valence-electron chi connectivity index (χ2n) is 8.75. The minimum atomic E-state index is -0.268. The zero-order valence-electron chi connectivity index (χ0n) is 20.0. The Bertz CT molecular complexity index is 1270. The monoisotopic (exact) mass is 483 g/mol. The first-order valence-electron chi connectivity index (χ1n) is 11.9. The molecule has 6 nitrogen and oxygen atoms in total. The molecule has 1 saturated heterocycles. The van der Waals surface area contributed by atoms with Crippen molar-refractivity contribution in [1.82, 2.24) is 19.7 Å². The van der Waals surface area contributed by atoms with Gasteiger partial charge in [0.2, 0.25) is 5.91 Å². The highest BCUT2D eigenvalue weighted by Gasteiger charge is 2.28. The molecule has 1 amide bonds. The SMILES string of the molecule is Cc1ccc(-n2c(SC(C)C(=O)N3CCN(c4ccccc4)CC3)nnc2-c2ccccc2)cc1. The number of rotatable bonds is 6. The first kappa shape index (κ1) is 23.2. The summed E-state index contributed by atoms with van der Waals surface area (Å²) in [7, 11) is 0. The van der Waals surface area contributed by atoms with Crippen molar-refractivity contribution in [3.05, 3.63) is 90.5 Å². The van der Waals surface area contributed by atoms with E-state index in [4.69, 9.17) is 0 Å². The van der Waals surface area contributed by atoms with Crippen LogP contribution in [0.25, 0.3) is 17.1 Å². The number of hydrogen-bond acceptors (Lipinski definition) is 5. The number of anilines is 1. The average molecular weight is 484 g/mol. The van der Waals surface area contributed by atoms with Gasteiger partial charge in [0.05, 0.1) is 5.25 Å². The Kier molecular flexibility index (Phi) is 6.86. The van der Waals surface area contributed by atoms with Gasteiger partial charge in [0.1, 0.15) is 0 Å². The number of nitrogens with zero attached hydrogens (tertiary/aromatic N) is 5. The number of hydrogen-bond donors (Lipinski definition) is 0. The van der Waals surface area contributed by atoms with Crippen LogP contribution in [0.5, 0.6) is 0 Å². The number of aromatic nitrogens is 3. The Morgan fingerprint density at radius 1 is 0.800 bits per heavy atom. The molecule has 0 bridgehead atoms. The first-order chi connectivity index (χ1) is 17.1. The fraction of sp³-hybridized carbons (Fsp3) is 0.250. The maximum atomic E-state index is 13.3. The molecular weight excluding hydrogens is 454 g/mol. The van der Waals surface area contributed by atoms with Crippen molar-refractivity contribution >= 4 is 23.4 Å². The minimum absolute atomic E-state index is 0.141. The normalized spacial score (nSPS) is 14.7. The van der Waals surface area contributed by atoms with Gasteiger partial charge in [-0.25, -0.2) is 0 Å². The summed E-state index contributed by atoms with van der Waals surface area (Å²) in [5.41, 5.74) is 4.37. The van der Waals surface area contributed by atoms with Crippen LogP contribution >= 0.6 is 11.8 Å². The summed E-state index contributed by atoms with van der Waals surface area (Å²) in [6, 6.07) is 28.7. The van der Waals surface area contributed by atoms with Crippen molar-refractivity contribution in [1.29, 1.82) is 0 Å². The summed E-state index contributed by atoms with van der Waals surface area (Å²) in [6.07, 6.45) is 0. The molecule has 35 heavy (non-hydrogen) atoms. The molecule has 5 rings (SSSR count). The van der Waals surface area contributed by atoms with Gasteiger partial charge in [-0.05, 0) is 38.1 Å². The van der Waals surface area contributed by atoms with Crippen LogP contribution in [0.3, 0.4) is 0 Å². The number of amides is 1. The molecular formula is C28H29N5OS. The van der Waals surface area contributed by atoms with E-state index in [-0.39, 0.29) is 11.2 Å². The van der Waals surface area contributed by atoms with Crippen LogP contribution in [0, 0.1) is 6.92 Å². The Morgan fingerprint density at radius 2 is 1.43 bits per heavy atom. The topological polar surface area (TPSA) is 54.3 Å². The number of carbonyl (C=O) groups excluding carboxylic acids is 1. The lowest BCUT2D eigenvalue weighted by molar-refractivity contribution is -0.130. The van der Waals surface area contributed by atoms with Crippen LogP contribution in [0.2, 0.25) is 0 Å². The molecule has 0 aliphatic carbocycles. The number of para-hydroxylation sites is 1. The number of thioether (sulfide) groups is 1. The van der Waals surface area contributed by atoms with Crippen molar-refractivity contribution in [2.75, 3.05) is 31.1 Å². The van der Waals surface area contributed by atoms with E-state index in [1.165, 1.54) is 23.0 Å². The standard InChI is InChI=1S/C28H29N5OS/c1-21-13-15-25(16-14-21)33-26(23-9-5-3-6-10-23)29-30-28(33)35-22(2)27(34)32-19-17-31(18-20-32)24-11-7-4-8-12-24/h3-16,22H,17-20H2,1-2H3. The van der Waals surface area contributed by atoms with Gasteiger partial charge < -0.3 is 9.80 Å². The third-order valence-corrected chi connectivity index (χ3v) is 7.33. The van der Waals surface area contributed by atoms with Gasteiger partial charge in [0, 0.05) is 43.1 Å². The van der Waals surface area contributed by atoms with Crippen LogP contribution in [0.4, 0.5) is 5.69 Å². The van der Waals surface area contributed by atoms with E-state index in [9.17, 15) is 4.79 Å². The minimum Gasteiger partial charge on any atom is -0.368 e. The number of benzene rings is 3.